The first-order chi connectivity index (χ1) is 9.13. The number of nitrogen functional groups attached to an aromatic ring is 1. The van der Waals surface area contributed by atoms with Gasteiger partial charge in [0.05, 0.1) is 17.3 Å². The van der Waals surface area contributed by atoms with Crippen molar-refractivity contribution >= 4 is 17.2 Å². The van der Waals surface area contributed by atoms with Gasteiger partial charge in [-0.3, -0.25) is 0 Å². The molecule has 0 saturated carbocycles. The lowest BCUT2D eigenvalue weighted by Gasteiger charge is -2.09. The minimum atomic E-state index is 0.180. The minimum Gasteiger partial charge on any atom is -0.396 e. The predicted octanol–water partition coefficient (Wildman–Crippen LogP) is 2.46. The molecule has 1 aromatic carbocycles. The molecule has 2 rings (SSSR count). The fraction of sp³-hybridized carbons (Fsp3) is 0.0714. The zero-order chi connectivity index (χ0) is 13.8. The smallest absolute Gasteiger partial charge is 0.165 e. The van der Waals surface area contributed by atoms with E-state index in [4.69, 9.17) is 16.3 Å². The molecule has 5 heteroatoms. The summed E-state index contributed by atoms with van der Waals surface area (Å²) in [5.74, 6) is 0.518. The summed E-state index contributed by atoms with van der Waals surface area (Å²) in [6.45, 7) is 1.92. The molecule has 0 saturated heterocycles. The highest BCUT2D eigenvalue weighted by Gasteiger charge is 2.05. The average Bonchev–Trinajstić information content (AvgIpc) is 2.43. The van der Waals surface area contributed by atoms with Gasteiger partial charge in [-0.2, -0.15) is 10.5 Å². The first kappa shape index (κ1) is 12.4. The molecule has 5 nitrogen and oxygen atoms in total. The number of nitrogens with two attached hydrogens (primary N) is 1. The van der Waals surface area contributed by atoms with Gasteiger partial charge in [0, 0.05) is 5.69 Å². The third-order valence-corrected chi connectivity index (χ3v) is 2.66. The second kappa shape index (κ2) is 5.07. The van der Waals surface area contributed by atoms with Gasteiger partial charge in [-0.05, 0) is 36.8 Å². The second-order valence-corrected chi connectivity index (χ2v) is 4.01. The Morgan fingerprint density at radius 3 is 2.63 bits per heavy atom. The van der Waals surface area contributed by atoms with E-state index < -0.39 is 0 Å². The summed E-state index contributed by atoms with van der Waals surface area (Å²) in [4.78, 5) is 4.10. The SMILES string of the molecule is Cc1ccc(C#N)cc1Nc1ccc(N)c(C#N)n1. The van der Waals surface area contributed by atoms with Gasteiger partial charge >= 0.3 is 0 Å². The summed E-state index contributed by atoms with van der Waals surface area (Å²) >= 11 is 0. The molecule has 1 aromatic heterocycles. The number of aryl methyl sites for hydroxylation is 1. The van der Waals surface area contributed by atoms with Gasteiger partial charge in [-0.25, -0.2) is 4.98 Å². The predicted molar refractivity (Wildman–Crippen MR) is 72.5 cm³/mol. The van der Waals surface area contributed by atoms with Crippen LogP contribution in [-0.4, -0.2) is 4.98 Å². The summed E-state index contributed by atoms with van der Waals surface area (Å²) < 4.78 is 0. The van der Waals surface area contributed by atoms with E-state index in [0.29, 0.717) is 17.1 Å². The van der Waals surface area contributed by atoms with E-state index in [9.17, 15) is 0 Å². The van der Waals surface area contributed by atoms with Crippen molar-refractivity contribution in [1.82, 2.24) is 4.98 Å². The number of benzene rings is 1. The Labute approximate surface area is 110 Å². The molecule has 0 radical (unpaired) electrons. The van der Waals surface area contributed by atoms with Crippen LogP contribution in [0.25, 0.3) is 0 Å². The van der Waals surface area contributed by atoms with E-state index in [0.717, 1.165) is 11.3 Å². The van der Waals surface area contributed by atoms with Crippen LogP contribution in [0.5, 0.6) is 0 Å². The number of rotatable bonds is 2. The van der Waals surface area contributed by atoms with E-state index in [1.807, 2.05) is 19.1 Å². The van der Waals surface area contributed by atoms with Gasteiger partial charge in [-0.1, -0.05) is 6.07 Å². The molecule has 1 heterocycles. The number of aromatic nitrogens is 1. The number of nitrogens with one attached hydrogen (secondary N) is 1. The first-order valence-electron chi connectivity index (χ1n) is 5.58. The van der Waals surface area contributed by atoms with Crippen LogP contribution in [0.4, 0.5) is 17.2 Å². The number of hydrogen-bond acceptors (Lipinski definition) is 5. The Kier molecular flexibility index (Phi) is 3.31. The van der Waals surface area contributed by atoms with Crippen molar-refractivity contribution in [3.63, 3.8) is 0 Å². The Hall–Kier alpha value is -3.05. The average molecular weight is 249 g/mol. The molecule has 0 aliphatic rings. The van der Waals surface area contributed by atoms with Crippen LogP contribution in [0.15, 0.2) is 30.3 Å². The molecule has 0 aliphatic heterocycles. The molecular weight excluding hydrogens is 238 g/mol. The van der Waals surface area contributed by atoms with Crippen LogP contribution in [0.1, 0.15) is 16.8 Å². The van der Waals surface area contributed by atoms with Crippen LogP contribution in [0.3, 0.4) is 0 Å². The molecule has 19 heavy (non-hydrogen) atoms. The highest BCUT2D eigenvalue weighted by Crippen LogP contribution is 2.22. The van der Waals surface area contributed by atoms with Crippen molar-refractivity contribution in [1.29, 1.82) is 10.5 Å². The molecule has 0 unspecified atom stereocenters. The number of hydrogen-bond donors (Lipinski definition) is 2. The summed E-state index contributed by atoms with van der Waals surface area (Å²) in [5, 5.41) is 20.8. The third-order valence-electron chi connectivity index (χ3n) is 2.66. The van der Waals surface area contributed by atoms with Crippen molar-refractivity contribution in [3.05, 3.63) is 47.2 Å². The second-order valence-electron chi connectivity index (χ2n) is 4.01. The Morgan fingerprint density at radius 1 is 1.16 bits per heavy atom. The molecule has 0 amide bonds. The first-order valence-corrected chi connectivity index (χ1v) is 5.58. The van der Waals surface area contributed by atoms with Crippen LogP contribution in [0.2, 0.25) is 0 Å². The zero-order valence-corrected chi connectivity index (χ0v) is 10.3. The van der Waals surface area contributed by atoms with Crippen LogP contribution >= 0.6 is 0 Å². The number of nitrogens with zero attached hydrogens (tertiary/aromatic N) is 3. The molecule has 0 bridgehead atoms. The van der Waals surface area contributed by atoms with E-state index in [-0.39, 0.29) is 5.69 Å². The van der Waals surface area contributed by atoms with Gasteiger partial charge in [0.2, 0.25) is 0 Å². The molecule has 0 atom stereocenters. The van der Waals surface area contributed by atoms with Gasteiger partial charge < -0.3 is 11.1 Å². The number of anilines is 3. The maximum absolute atomic E-state index is 8.88. The minimum absolute atomic E-state index is 0.180. The largest absolute Gasteiger partial charge is 0.396 e. The lowest BCUT2D eigenvalue weighted by atomic mass is 10.1. The van der Waals surface area contributed by atoms with E-state index in [1.54, 1.807) is 24.3 Å². The number of pyridine rings is 1. The molecule has 0 fully saturated rings. The topological polar surface area (TPSA) is 98.5 Å². The van der Waals surface area contributed by atoms with Gasteiger partial charge in [-0.15, -0.1) is 0 Å². The van der Waals surface area contributed by atoms with Crippen LogP contribution < -0.4 is 11.1 Å². The monoisotopic (exact) mass is 249 g/mol. The molecule has 0 spiro atoms. The van der Waals surface area contributed by atoms with Crippen molar-refractivity contribution < 1.29 is 0 Å². The van der Waals surface area contributed by atoms with Crippen molar-refractivity contribution in [3.8, 4) is 12.1 Å². The summed E-state index contributed by atoms with van der Waals surface area (Å²) in [7, 11) is 0. The van der Waals surface area contributed by atoms with E-state index in [1.165, 1.54) is 0 Å². The van der Waals surface area contributed by atoms with Gasteiger partial charge in [0.15, 0.2) is 5.69 Å². The lowest BCUT2D eigenvalue weighted by molar-refractivity contribution is 1.25. The van der Waals surface area contributed by atoms with E-state index >= 15 is 0 Å². The maximum atomic E-state index is 8.88. The summed E-state index contributed by atoms with van der Waals surface area (Å²) in [6, 6.07) is 12.7. The molecule has 0 aliphatic carbocycles. The maximum Gasteiger partial charge on any atom is 0.165 e. The van der Waals surface area contributed by atoms with Gasteiger partial charge in [0.25, 0.3) is 0 Å². The standard InChI is InChI=1S/C14H11N5/c1-9-2-3-10(7-15)6-12(9)18-14-5-4-11(17)13(8-16)19-14/h2-6H,17H2,1H3,(H,18,19). The van der Waals surface area contributed by atoms with Crippen molar-refractivity contribution in [2.24, 2.45) is 0 Å². The molecule has 92 valence electrons. The Balaban J connectivity index is 2.37. The Morgan fingerprint density at radius 2 is 1.95 bits per heavy atom. The fourth-order valence-corrected chi connectivity index (χ4v) is 1.59. The molecular formula is C14H11N5. The highest BCUT2D eigenvalue weighted by molar-refractivity contribution is 5.65. The third kappa shape index (κ3) is 2.62. The Bertz CT molecular complexity index is 707. The molecule has 3 N–H and O–H groups in total. The van der Waals surface area contributed by atoms with Crippen LogP contribution in [-0.2, 0) is 0 Å². The van der Waals surface area contributed by atoms with Crippen molar-refractivity contribution in [2.45, 2.75) is 6.92 Å². The normalized spacial score (nSPS) is 9.42. The highest BCUT2D eigenvalue weighted by atomic mass is 15.0. The lowest BCUT2D eigenvalue weighted by Crippen LogP contribution is -2.00. The number of nitriles is 2. The zero-order valence-electron chi connectivity index (χ0n) is 10.3. The summed E-state index contributed by atoms with van der Waals surface area (Å²) in [5.41, 5.74) is 8.46. The van der Waals surface area contributed by atoms with Crippen molar-refractivity contribution in [2.75, 3.05) is 11.1 Å². The van der Waals surface area contributed by atoms with E-state index in [2.05, 4.69) is 16.4 Å². The van der Waals surface area contributed by atoms with Gasteiger partial charge in [0.1, 0.15) is 11.9 Å². The quantitative estimate of drug-likeness (QED) is 0.851. The molecule has 2 aromatic rings. The summed E-state index contributed by atoms with van der Waals surface area (Å²) in [6.07, 6.45) is 0. The van der Waals surface area contributed by atoms with Crippen LogP contribution in [0, 0.1) is 29.6 Å². The fourth-order valence-electron chi connectivity index (χ4n) is 1.59.